The van der Waals surface area contributed by atoms with Crippen molar-refractivity contribution in [2.75, 3.05) is 7.05 Å². The predicted octanol–water partition coefficient (Wildman–Crippen LogP) is 3.51. The molecule has 0 aliphatic rings. The molecular formula is C26H30N4O4. The van der Waals surface area contributed by atoms with Crippen molar-refractivity contribution >= 4 is 17.8 Å². The molecule has 1 aromatic heterocycles. The molecule has 1 heterocycles. The topological polar surface area (TPSA) is 113 Å². The van der Waals surface area contributed by atoms with E-state index in [9.17, 15) is 19.5 Å². The molecule has 0 saturated carbocycles. The van der Waals surface area contributed by atoms with Crippen molar-refractivity contribution in [1.82, 2.24) is 20.2 Å². The van der Waals surface area contributed by atoms with E-state index >= 15 is 0 Å². The zero-order chi connectivity index (χ0) is 24.9. The van der Waals surface area contributed by atoms with E-state index in [-0.39, 0.29) is 5.91 Å². The number of carbonyl (C=O) groups is 3. The summed E-state index contributed by atoms with van der Waals surface area (Å²) in [5.74, 6) is -2.04. The molecule has 3 aromatic rings. The standard InChI is InChI=1S/C26H30N4O4/c1-26(2,3)23(25(34)27-4)29-24(33)21(14-22(31)32)30-15-20(28-16-30)19-12-10-18(11-13-19)17-8-6-5-7-9-17/h5-13,15-16,21,23H,14H2,1-4H3,(H,27,34)(H,29,33)(H,31,32)/t21?,23-/m1/s1. The second-order valence-corrected chi connectivity index (χ2v) is 9.19. The zero-order valence-corrected chi connectivity index (χ0v) is 19.8. The number of amides is 2. The van der Waals surface area contributed by atoms with Gasteiger partial charge in [0.2, 0.25) is 11.8 Å². The largest absolute Gasteiger partial charge is 0.481 e. The Balaban J connectivity index is 1.84. The van der Waals surface area contributed by atoms with E-state index in [2.05, 4.69) is 15.6 Å². The number of hydrogen-bond donors (Lipinski definition) is 3. The van der Waals surface area contributed by atoms with E-state index in [1.807, 2.05) is 75.4 Å². The van der Waals surface area contributed by atoms with Gasteiger partial charge in [0.1, 0.15) is 12.1 Å². The Hall–Kier alpha value is -3.94. The molecule has 0 saturated heterocycles. The van der Waals surface area contributed by atoms with Crippen LogP contribution in [-0.4, -0.2) is 45.5 Å². The summed E-state index contributed by atoms with van der Waals surface area (Å²) < 4.78 is 1.48. The summed E-state index contributed by atoms with van der Waals surface area (Å²) in [5.41, 5.74) is 3.05. The molecular weight excluding hydrogens is 432 g/mol. The highest BCUT2D eigenvalue weighted by Gasteiger charge is 2.35. The fraction of sp³-hybridized carbons (Fsp3) is 0.308. The maximum absolute atomic E-state index is 13.1. The van der Waals surface area contributed by atoms with Crippen LogP contribution in [0.15, 0.2) is 67.1 Å². The predicted molar refractivity (Wildman–Crippen MR) is 130 cm³/mol. The van der Waals surface area contributed by atoms with Gasteiger partial charge in [0.15, 0.2) is 0 Å². The molecule has 8 heteroatoms. The normalized spacial score (nSPS) is 13.1. The number of carboxylic acid groups (broad SMARTS) is 1. The highest BCUT2D eigenvalue weighted by molar-refractivity contribution is 5.91. The van der Waals surface area contributed by atoms with Crippen LogP contribution in [0.1, 0.15) is 33.2 Å². The fourth-order valence-corrected chi connectivity index (χ4v) is 3.68. The van der Waals surface area contributed by atoms with E-state index in [0.29, 0.717) is 5.69 Å². The first-order valence-electron chi connectivity index (χ1n) is 11.0. The van der Waals surface area contributed by atoms with Gasteiger partial charge in [0.25, 0.3) is 0 Å². The van der Waals surface area contributed by atoms with Crippen LogP contribution in [0.4, 0.5) is 0 Å². The van der Waals surface area contributed by atoms with Gasteiger partial charge in [0.05, 0.1) is 18.4 Å². The summed E-state index contributed by atoms with van der Waals surface area (Å²) in [7, 11) is 1.49. The van der Waals surface area contributed by atoms with E-state index < -0.39 is 35.8 Å². The average molecular weight is 463 g/mol. The third-order valence-corrected chi connectivity index (χ3v) is 5.58. The molecule has 0 fully saturated rings. The molecule has 0 radical (unpaired) electrons. The van der Waals surface area contributed by atoms with Gasteiger partial charge in [-0.05, 0) is 16.5 Å². The van der Waals surface area contributed by atoms with E-state index in [1.54, 1.807) is 6.20 Å². The van der Waals surface area contributed by atoms with Crippen molar-refractivity contribution in [2.24, 2.45) is 5.41 Å². The lowest BCUT2D eigenvalue weighted by atomic mass is 9.86. The Morgan fingerprint density at radius 3 is 2.09 bits per heavy atom. The maximum Gasteiger partial charge on any atom is 0.306 e. The molecule has 3 rings (SSSR count). The van der Waals surface area contributed by atoms with E-state index in [1.165, 1.54) is 17.9 Å². The molecule has 8 nitrogen and oxygen atoms in total. The Kier molecular flexibility index (Phi) is 7.50. The van der Waals surface area contributed by atoms with E-state index in [4.69, 9.17) is 0 Å². The summed E-state index contributed by atoms with van der Waals surface area (Å²) in [6.45, 7) is 5.48. The minimum absolute atomic E-state index is 0.347. The monoisotopic (exact) mass is 462 g/mol. The van der Waals surface area contributed by atoms with Gasteiger partial charge in [-0.25, -0.2) is 4.98 Å². The van der Waals surface area contributed by atoms with Gasteiger partial charge in [-0.1, -0.05) is 75.4 Å². The summed E-state index contributed by atoms with van der Waals surface area (Å²) in [5, 5.41) is 14.7. The van der Waals surface area contributed by atoms with Gasteiger partial charge in [0, 0.05) is 18.8 Å². The number of aromatic nitrogens is 2. The zero-order valence-electron chi connectivity index (χ0n) is 19.8. The number of rotatable bonds is 8. The Morgan fingerprint density at radius 2 is 1.53 bits per heavy atom. The second-order valence-electron chi connectivity index (χ2n) is 9.19. The van der Waals surface area contributed by atoms with Crippen LogP contribution in [0.2, 0.25) is 0 Å². The van der Waals surface area contributed by atoms with Crippen molar-refractivity contribution in [3.63, 3.8) is 0 Å². The molecule has 178 valence electrons. The average Bonchev–Trinajstić information content (AvgIpc) is 3.30. The van der Waals surface area contributed by atoms with Crippen LogP contribution in [0, 0.1) is 5.41 Å². The highest BCUT2D eigenvalue weighted by atomic mass is 16.4. The molecule has 0 aliphatic heterocycles. The molecule has 2 atom stereocenters. The maximum atomic E-state index is 13.1. The lowest BCUT2D eigenvalue weighted by Gasteiger charge is -2.31. The van der Waals surface area contributed by atoms with Crippen molar-refractivity contribution in [3.8, 4) is 22.4 Å². The smallest absolute Gasteiger partial charge is 0.306 e. The molecule has 0 spiro atoms. The van der Waals surface area contributed by atoms with Crippen LogP contribution in [0.5, 0.6) is 0 Å². The fourth-order valence-electron chi connectivity index (χ4n) is 3.68. The minimum atomic E-state index is -1.13. The number of nitrogens with one attached hydrogen (secondary N) is 2. The van der Waals surface area contributed by atoms with Crippen molar-refractivity contribution in [2.45, 2.75) is 39.3 Å². The number of likely N-dealkylation sites (N-methyl/N-ethyl adjacent to an activating group) is 1. The molecule has 2 amide bonds. The highest BCUT2D eigenvalue weighted by Crippen LogP contribution is 2.26. The summed E-state index contributed by atoms with van der Waals surface area (Å²) >= 11 is 0. The Morgan fingerprint density at radius 1 is 0.941 bits per heavy atom. The first-order valence-corrected chi connectivity index (χ1v) is 11.0. The summed E-state index contributed by atoms with van der Waals surface area (Å²) in [4.78, 5) is 41.3. The Bertz CT molecular complexity index is 1150. The van der Waals surface area contributed by atoms with Gasteiger partial charge in [-0.15, -0.1) is 0 Å². The molecule has 34 heavy (non-hydrogen) atoms. The van der Waals surface area contributed by atoms with Crippen LogP contribution in [0.25, 0.3) is 22.4 Å². The molecule has 1 unspecified atom stereocenters. The molecule has 2 aromatic carbocycles. The third-order valence-electron chi connectivity index (χ3n) is 5.58. The second kappa shape index (κ2) is 10.3. The van der Waals surface area contributed by atoms with Gasteiger partial charge in [-0.3, -0.25) is 14.4 Å². The first kappa shape index (κ1) is 24.7. The van der Waals surface area contributed by atoms with Crippen molar-refractivity contribution < 1.29 is 19.5 Å². The molecule has 3 N–H and O–H groups in total. The lowest BCUT2D eigenvalue weighted by molar-refractivity contribution is -0.141. The number of benzene rings is 2. The van der Waals surface area contributed by atoms with Gasteiger partial charge in [-0.2, -0.15) is 0 Å². The van der Waals surface area contributed by atoms with Crippen molar-refractivity contribution in [1.29, 1.82) is 0 Å². The van der Waals surface area contributed by atoms with E-state index in [0.717, 1.165) is 16.7 Å². The molecule has 0 bridgehead atoms. The number of hydrogen-bond acceptors (Lipinski definition) is 4. The number of imidazole rings is 1. The molecule has 0 aliphatic carbocycles. The third kappa shape index (κ3) is 5.89. The number of nitrogens with zero attached hydrogens (tertiary/aromatic N) is 2. The van der Waals surface area contributed by atoms with Crippen LogP contribution in [0.3, 0.4) is 0 Å². The van der Waals surface area contributed by atoms with Crippen molar-refractivity contribution in [3.05, 3.63) is 67.1 Å². The lowest BCUT2D eigenvalue weighted by Crippen LogP contribution is -2.54. The SMILES string of the molecule is CNC(=O)[C@@H](NC(=O)C(CC(=O)O)n1cnc(-c2ccc(-c3ccccc3)cc2)c1)C(C)(C)C. The van der Waals surface area contributed by atoms with Gasteiger partial charge >= 0.3 is 5.97 Å². The number of aliphatic carboxylic acids is 1. The first-order chi connectivity index (χ1) is 16.1. The van der Waals surface area contributed by atoms with Crippen LogP contribution in [-0.2, 0) is 14.4 Å². The summed E-state index contributed by atoms with van der Waals surface area (Å²) in [6.07, 6.45) is 2.65. The van der Waals surface area contributed by atoms with Gasteiger partial charge < -0.3 is 20.3 Å². The number of carboxylic acids is 1. The quantitative estimate of drug-likeness (QED) is 0.474. The Labute approximate surface area is 199 Å². The summed E-state index contributed by atoms with van der Waals surface area (Å²) in [6, 6.07) is 15.9. The van der Waals surface area contributed by atoms with Crippen LogP contribution < -0.4 is 10.6 Å². The van der Waals surface area contributed by atoms with Crippen LogP contribution >= 0.6 is 0 Å². The minimum Gasteiger partial charge on any atom is -0.481 e. The number of carbonyl (C=O) groups excluding carboxylic acids is 2.